The summed E-state index contributed by atoms with van der Waals surface area (Å²) in [6.07, 6.45) is 18.7. The zero-order valence-electron chi connectivity index (χ0n) is 29.8. The molecule has 3 aromatic carbocycles. The monoisotopic (exact) mass is 754 g/mol. The summed E-state index contributed by atoms with van der Waals surface area (Å²) in [5.74, 6) is -0.353. The van der Waals surface area contributed by atoms with E-state index in [-0.39, 0.29) is 22.0 Å². The van der Waals surface area contributed by atoms with Crippen LogP contribution in [0.3, 0.4) is 0 Å². The molecule has 282 valence electrons. The normalized spacial score (nSPS) is 15.1. The van der Waals surface area contributed by atoms with Crippen molar-refractivity contribution in [2.24, 2.45) is 15.3 Å². The molecular weight excluding hydrogens is 705 g/mol. The van der Waals surface area contributed by atoms with Crippen LogP contribution in [0.15, 0.2) is 97.9 Å². The second-order valence-corrected chi connectivity index (χ2v) is 15.9. The highest BCUT2D eigenvalue weighted by atomic mass is 32.2. The molecule has 0 aromatic heterocycles. The van der Waals surface area contributed by atoms with Crippen molar-refractivity contribution < 1.29 is 35.5 Å². The average molecular weight is 755 g/mol. The van der Waals surface area contributed by atoms with Gasteiger partial charge < -0.3 is 4.74 Å². The van der Waals surface area contributed by atoms with Crippen molar-refractivity contribution in [1.82, 2.24) is 0 Å². The summed E-state index contributed by atoms with van der Waals surface area (Å²) in [4.78, 5) is 12.9. The second kappa shape index (κ2) is 20.3. The lowest BCUT2D eigenvalue weighted by Gasteiger charge is -2.15. The van der Waals surface area contributed by atoms with Crippen molar-refractivity contribution in [2.45, 2.75) is 125 Å². The summed E-state index contributed by atoms with van der Waals surface area (Å²) in [5, 5.41) is 14.0. The van der Waals surface area contributed by atoms with Crippen molar-refractivity contribution in [2.75, 3.05) is 5.01 Å². The van der Waals surface area contributed by atoms with Gasteiger partial charge in [-0.25, -0.2) is 0 Å². The maximum atomic E-state index is 13.7. The molecule has 0 spiro atoms. The highest BCUT2D eigenvalue weighted by Gasteiger charge is 2.37. The number of azo groups is 1. The topological polar surface area (TPSA) is 175 Å². The van der Waals surface area contributed by atoms with Crippen LogP contribution in [0.2, 0.25) is 0 Å². The Morgan fingerprint density at radius 1 is 0.712 bits per heavy atom. The van der Waals surface area contributed by atoms with Crippen LogP contribution >= 0.6 is 0 Å². The van der Waals surface area contributed by atoms with Crippen LogP contribution in [0, 0.1) is 0 Å². The summed E-state index contributed by atoms with van der Waals surface area (Å²) < 4.78 is 72.6. The average Bonchev–Trinajstić information content (AvgIpc) is 3.43. The van der Waals surface area contributed by atoms with Gasteiger partial charge in [0, 0.05) is 0 Å². The molecule has 3 aromatic rings. The third-order valence-electron chi connectivity index (χ3n) is 8.87. The smallest absolute Gasteiger partial charge is 0.298 e. The van der Waals surface area contributed by atoms with Crippen LogP contribution in [0.1, 0.15) is 110 Å². The molecule has 0 aliphatic carbocycles. The highest BCUT2D eigenvalue weighted by Crippen LogP contribution is 2.34. The number of carbonyl (C=O) groups excluding carboxylic acids is 1. The first-order chi connectivity index (χ1) is 25.0. The van der Waals surface area contributed by atoms with E-state index in [1.165, 1.54) is 107 Å². The van der Waals surface area contributed by atoms with Gasteiger partial charge in [0.2, 0.25) is 0 Å². The predicted molar refractivity (Wildman–Crippen MR) is 202 cm³/mol. The first-order valence-corrected chi connectivity index (χ1v) is 21.1. The second-order valence-electron chi connectivity index (χ2n) is 13.0. The summed E-state index contributed by atoms with van der Waals surface area (Å²) in [5.41, 5.74) is 0.777. The van der Waals surface area contributed by atoms with E-state index in [1.807, 2.05) is 0 Å². The zero-order chi connectivity index (χ0) is 37.4. The Bertz CT molecular complexity index is 1870. The molecule has 0 unspecified atom stereocenters. The molecule has 1 heterocycles. The quantitative estimate of drug-likeness (QED) is 0.0546. The number of benzene rings is 3. The van der Waals surface area contributed by atoms with E-state index >= 15 is 0 Å². The fraction of sp³-hybridized carbons (Fsp3) is 0.474. The minimum Gasteiger partial charge on any atom is -0.456 e. The lowest BCUT2D eigenvalue weighted by Crippen LogP contribution is -2.30. The van der Waals surface area contributed by atoms with Gasteiger partial charge in [0.15, 0.2) is 6.04 Å². The van der Waals surface area contributed by atoms with Crippen LogP contribution in [-0.4, -0.2) is 43.6 Å². The van der Waals surface area contributed by atoms with E-state index in [0.29, 0.717) is 17.9 Å². The Morgan fingerprint density at radius 3 is 1.81 bits per heavy atom. The molecule has 12 nitrogen and oxygen atoms in total. The Morgan fingerprint density at radius 2 is 1.27 bits per heavy atom. The Hall–Kier alpha value is -3.98. The molecule has 1 aliphatic heterocycles. The number of hydrogen-bond donors (Lipinski definition) is 2. The van der Waals surface area contributed by atoms with E-state index in [0.717, 1.165) is 36.8 Å². The first-order valence-electron chi connectivity index (χ1n) is 18.2. The summed E-state index contributed by atoms with van der Waals surface area (Å²) in [7, 11) is -9.15. The first kappa shape index (κ1) is 40.8. The molecule has 0 bridgehead atoms. The summed E-state index contributed by atoms with van der Waals surface area (Å²) in [6, 6.07) is 16.3. The largest absolute Gasteiger partial charge is 0.456 e. The van der Waals surface area contributed by atoms with Gasteiger partial charge >= 0.3 is 0 Å². The SMILES string of the molecule is CCCCCCCCCCCCCCCCCC1=NN(c2ccc(Oc3ccccc3)c(S(=O)(=O)O)c2)C(=O)[C@H]1N=Nc1ccc(S(=O)(=O)O)cc1. The number of ether oxygens (including phenoxy) is 1. The predicted octanol–water partition coefficient (Wildman–Crippen LogP) is 10.1. The van der Waals surface area contributed by atoms with Crippen molar-refractivity contribution in [1.29, 1.82) is 0 Å². The van der Waals surface area contributed by atoms with Gasteiger partial charge in [-0.3, -0.25) is 13.9 Å². The lowest BCUT2D eigenvalue weighted by molar-refractivity contribution is -0.117. The van der Waals surface area contributed by atoms with Gasteiger partial charge in [-0.05, 0) is 67.4 Å². The fourth-order valence-electron chi connectivity index (χ4n) is 6.00. The van der Waals surface area contributed by atoms with Gasteiger partial charge in [0.05, 0.1) is 22.0 Å². The van der Waals surface area contributed by atoms with Gasteiger partial charge in [-0.2, -0.15) is 37.2 Å². The standard InChI is InChI=1S/C38H50N4O8S2/c1-2-3-4-5-6-7-8-9-10-11-12-13-14-15-19-22-34-37(40-39-30-23-26-33(27-24-30)51(44,45)46)38(43)42(41-34)31-25-28-35(36(29-31)52(47,48)49)50-32-20-17-16-18-21-32/h16-18,20-21,23-29,37H,2-15,19,22H2,1H3,(H,44,45,46)(H,47,48,49)/t37-/m0/s1. The number of hydrazone groups is 1. The van der Waals surface area contributed by atoms with E-state index in [9.17, 15) is 30.7 Å². The van der Waals surface area contributed by atoms with Crippen LogP contribution in [0.5, 0.6) is 11.5 Å². The Kier molecular flexibility index (Phi) is 15.9. The highest BCUT2D eigenvalue weighted by molar-refractivity contribution is 7.86. The number of carbonyl (C=O) groups is 1. The lowest BCUT2D eigenvalue weighted by atomic mass is 10.0. The maximum Gasteiger partial charge on any atom is 0.298 e. The molecule has 4 rings (SSSR count). The molecule has 0 saturated heterocycles. The van der Waals surface area contributed by atoms with Crippen molar-refractivity contribution >= 4 is 43.2 Å². The van der Waals surface area contributed by atoms with Gasteiger partial charge in [0.1, 0.15) is 16.4 Å². The molecule has 1 amide bonds. The van der Waals surface area contributed by atoms with E-state index in [1.54, 1.807) is 30.3 Å². The molecule has 0 saturated carbocycles. The molecular formula is C38H50N4O8S2. The van der Waals surface area contributed by atoms with E-state index in [4.69, 9.17) is 4.74 Å². The number of unbranched alkanes of at least 4 members (excludes halogenated alkanes) is 14. The number of amides is 1. The van der Waals surface area contributed by atoms with Crippen LogP contribution in [-0.2, 0) is 25.0 Å². The number of anilines is 1. The minimum absolute atomic E-state index is 0.0854. The van der Waals surface area contributed by atoms with E-state index < -0.39 is 37.1 Å². The number of rotatable bonds is 23. The Labute approximate surface area is 307 Å². The molecule has 52 heavy (non-hydrogen) atoms. The minimum atomic E-state index is -4.76. The molecule has 2 N–H and O–H groups in total. The zero-order valence-corrected chi connectivity index (χ0v) is 31.4. The number of nitrogens with zero attached hydrogens (tertiary/aromatic N) is 4. The third kappa shape index (κ3) is 12.9. The van der Waals surface area contributed by atoms with Crippen LogP contribution in [0.25, 0.3) is 0 Å². The summed E-state index contributed by atoms with van der Waals surface area (Å²) >= 11 is 0. The molecule has 0 fully saturated rings. The van der Waals surface area contributed by atoms with Gasteiger partial charge in [-0.1, -0.05) is 115 Å². The van der Waals surface area contributed by atoms with Crippen molar-refractivity contribution in [3.05, 3.63) is 72.8 Å². The van der Waals surface area contributed by atoms with Crippen molar-refractivity contribution in [3.63, 3.8) is 0 Å². The molecule has 0 radical (unpaired) electrons. The Balaban J connectivity index is 1.39. The van der Waals surface area contributed by atoms with E-state index in [2.05, 4.69) is 22.3 Å². The third-order valence-corrected chi connectivity index (χ3v) is 10.6. The van der Waals surface area contributed by atoms with Crippen LogP contribution in [0.4, 0.5) is 11.4 Å². The maximum absolute atomic E-state index is 13.7. The fourth-order valence-corrected chi connectivity index (χ4v) is 7.11. The molecule has 14 heteroatoms. The van der Waals surface area contributed by atoms with Crippen molar-refractivity contribution in [3.8, 4) is 11.5 Å². The molecule has 1 atom stereocenters. The van der Waals surface area contributed by atoms with Crippen LogP contribution < -0.4 is 9.75 Å². The van der Waals surface area contributed by atoms with Gasteiger partial charge in [-0.15, -0.1) is 0 Å². The van der Waals surface area contributed by atoms with Gasteiger partial charge in [0.25, 0.3) is 26.1 Å². The molecule has 1 aliphatic rings. The number of hydrogen-bond acceptors (Lipinski definition) is 9. The summed E-state index contributed by atoms with van der Waals surface area (Å²) in [6.45, 7) is 2.24. The number of para-hydroxylation sites is 1.